The fourth-order valence-electron chi connectivity index (χ4n) is 0.157. The Hall–Kier alpha value is -0.790. The topological polar surface area (TPSA) is 26.0 Å². The summed E-state index contributed by atoms with van der Waals surface area (Å²) < 4.78 is 11.7. The predicted octanol–water partition coefficient (Wildman–Crippen LogP) is 1.33. The van der Waals surface area contributed by atoms with Crippen molar-refractivity contribution in [3.05, 3.63) is 24.2 Å². The van der Waals surface area contributed by atoms with Gasteiger partial charge in [-0.15, -0.1) is 0 Å². The number of halogens is 1. The quantitative estimate of drug-likeness (QED) is 0.495. The number of rotatable bonds is 1. The molecule has 7 heavy (non-hydrogen) atoms. The first-order valence-electron chi connectivity index (χ1n) is 1.95. The molecule has 0 aromatic heterocycles. The first-order chi connectivity index (χ1) is 3.18. The third-order valence-electron chi connectivity index (χ3n) is 0.624. The van der Waals surface area contributed by atoms with Crippen LogP contribution in [0.4, 0.5) is 4.39 Å². The molecular formula is C5H8FN. The third kappa shape index (κ3) is 1.98. The zero-order valence-corrected chi connectivity index (χ0v) is 4.24. The molecule has 0 aromatic rings. The van der Waals surface area contributed by atoms with E-state index < -0.39 is 5.83 Å². The van der Waals surface area contributed by atoms with E-state index in [1.54, 1.807) is 6.92 Å². The zero-order chi connectivity index (χ0) is 5.86. The Labute approximate surface area is 42.3 Å². The molecule has 0 aliphatic rings. The van der Waals surface area contributed by atoms with Gasteiger partial charge < -0.3 is 5.73 Å². The van der Waals surface area contributed by atoms with Crippen molar-refractivity contribution in [2.24, 2.45) is 5.73 Å². The molecule has 40 valence electrons. The maximum Gasteiger partial charge on any atom is 0.138 e. The minimum absolute atomic E-state index is 0.111. The van der Waals surface area contributed by atoms with E-state index in [0.29, 0.717) is 0 Å². The van der Waals surface area contributed by atoms with Crippen LogP contribution in [-0.2, 0) is 0 Å². The molecule has 2 N–H and O–H groups in total. The van der Waals surface area contributed by atoms with Crippen molar-refractivity contribution in [3.63, 3.8) is 0 Å². The molecular weight excluding hydrogens is 93.1 g/mol. The minimum Gasteiger partial charge on any atom is -0.397 e. The van der Waals surface area contributed by atoms with Gasteiger partial charge in [0.2, 0.25) is 0 Å². The summed E-state index contributed by atoms with van der Waals surface area (Å²) in [5.74, 6) is -0.567. The van der Waals surface area contributed by atoms with Crippen molar-refractivity contribution in [1.82, 2.24) is 0 Å². The molecule has 0 heterocycles. The van der Waals surface area contributed by atoms with Gasteiger partial charge in [0.05, 0.1) is 5.70 Å². The van der Waals surface area contributed by atoms with Crippen LogP contribution in [0.15, 0.2) is 24.2 Å². The lowest BCUT2D eigenvalue weighted by Crippen LogP contribution is -1.94. The van der Waals surface area contributed by atoms with Gasteiger partial charge in [-0.2, -0.15) is 0 Å². The van der Waals surface area contributed by atoms with Gasteiger partial charge in [-0.05, 0) is 6.92 Å². The smallest absolute Gasteiger partial charge is 0.138 e. The largest absolute Gasteiger partial charge is 0.397 e. The van der Waals surface area contributed by atoms with E-state index in [2.05, 4.69) is 6.58 Å². The second kappa shape index (κ2) is 2.39. The monoisotopic (exact) mass is 101 g/mol. The molecule has 0 unspecified atom stereocenters. The van der Waals surface area contributed by atoms with Gasteiger partial charge in [-0.25, -0.2) is 4.39 Å². The second-order valence-corrected chi connectivity index (χ2v) is 1.15. The second-order valence-electron chi connectivity index (χ2n) is 1.15. The molecule has 0 radical (unpaired) electrons. The van der Waals surface area contributed by atoms with Crippen molar-refractivity contribution < 1.29 is 4.39 Å². The van der Waals surface area contributed by atoms with Crippen LogP contribution in [0.1, 0.15) is 6.92 Å². The van der Waals surface area contributed by atoms with Gasteiger partial charge in [0, 0.05) is 0 Å². The maximum absolute atomic E-state index is 11.7. The van der Waals surface area contributed by atoms with E-state index in [1.165, 1.54) is 6.08 Å². The molecule has 0 aromatic carbocycles. The van der Waals surface area contributed by atoms with Gasteiger partial charge in [-0.3, -0.25) is 0 Å². The average Bonchev–Trinajstić information content (AvgIpc) is 1.65. The lowest BCUT2D eigenvalue weighted by molar-refractivity contribution is 0.652. The van der Waals surface area contributed by atoms with Crippen LogP contribution in [0.5, 0.6) is 0 Å². The summed E-state index contributed by atoms with van der Waals surface area (Å²) in [4.78, 5) is 0. The number of hydrogen-bond acceptors (Lipinski definition) is 1. The number of hydrogen-bond donors (Lipinski definition) is 1. The molecule has 0 fully saturated rings. The summed E-state index contributed by atoms with van der Waals surface area (Å²) in [6.07, 6.45) is 1.46. The molecule has 0 saturated heterocycles. The summed E-state index contributed by atoms with van der Waals surface area (Å²) in [6.45, 7) is 4.62. The van der Waals surface area contributed by atoms with E-state index >= 15 is 0 Å². The van der Waals surface area contributed by atoms with Gasteiger partial charge in [0.1, 0.15) is 5.83 Å². The normalized spacial score (nSPS) is 11.4. The maximum atomic E-state index is 11.7. The van der Waals surface area contributed by atoms with Gasteiger partial charge in [0.15, 0.2) is 0 Å². The molecule has 2 heteroatoms. The van der Waals surface area contributed by atoms with Gasteiger partial charge in [-0.1, -0.05) is 12.7 Å². The van der Waals surface area contributed by atoms with Crippen molar-refractivity contribution >= 4 is 0 Å². The van der Waals surface area contributed by atoms with E-state index in [1.807, 2.05) is 0 Å². The Morgan fingerprint density at radius 3 is 2.29 bits per heavy atom. The highest BCUT2D eigenvalue weighted by atomic mass is 19.1. The first-order valence-corrected chi connectivity index (χ1v) is 1.95. The van der Waals surface area contributed by atoms with E-state index in [9.17, 15) is 4.39 Å². The van der Waals surface area contributed by atoms with Crippen LogP contribution in [0.3, 0.4) is 0 Å². The van der Waals surface area contributed by atoms with Crippen molar-refractivity contribution in [2.45, 2.75) is 6.92 Å². The molecule has 1 nitrogen and oxygen atoms in total. The van der Waals surface area contributed by atoms with Gasteiger partial charge >= 0.3 is 0 Å². The number of nitrogens with two attached hydrogens (primary N) is 1. The highest BCUT2D eigenvalue weighted by molar-refractivity contribution is 5.16. The SMILES string of the molecule is C=C(F)/C(N)=C\C. The van der Waals surface area contributed by atoms with E-state index in [-0.39, 0.29) is 5.70 Å². The highest BCUT2D eigenvalue weighted by Gasteiger charge is 1.87. The standard InChI is InChI=1S/C5H8FN/c1-3-5(7)4(2)6/h3H,2,7H2,1H3/b5-3+. The van der Waals surface area contributed by atoms with Crippen molar-refractivity contribution in [1.29, 1.82) is 0 Å². The molecule has 0 aliphatic heterocycles. The molecule has 0 atom stereocenters. The Bertz CT molecular complexity index is 105. The Morgan fingerprint density at radius 1 is 1.86 bits per heavy atom. The lowest BCUT2D eigenvalue weighted by Gasteiger charge is -1.88. The summed E-state index contributed by atoms with van der Waals surface area (Å²) in [7, 11) is 0. The predicted molar refractivity (Wildman–Crippen MR) is 28.2 cm³/mol. The van der Waals surface area contributed by atoms with Crippen LogP contribution in [0.2, 0.25) is 0 Å². The van der Waals surface area contributed by atoms with E-state index in [0.717, 1.165) is 0 Å². The van der Waals surface area contributed by atoms with Crippen LogP contribution in [-0.4, -0.2) is 0 Å². The minimum atomic E-state index is -0.567. The third-order valence-corrected chi connectivity index (χ3v) is 0.624. The summed E-state index contributed by atoms with van der Waals surface area (Å²) in [6, 6.07) is 0. The Balaban J connectivity index is 3.82. The van der Waals surface area contributed by atoms with Gasteiger partial charge in [0.25, 0.3) is 0 Å². The average molecular weight is 101 g/mol. The van der Waals surface area contributed by atoms with Crippen LogP contribution in [0, 0.1) is 0 Å². The van der Waals surface area contributed by atoms with Crippen molar-refractivity contribution in [2.75, 3.05) is 0 Å². The van der Waals surface area contributed by atoms with Crippen molar-refractivity contribution in [3.8, 4) is 0 Å². The molecule has 0 aliphatic carbocycles. The highest BCUT2D eigenvalue weighted by Crippen LogP contribution is 1.98. The van der Waals surface area contributed by atoms with E-state index in [4.69, 9.17) is 5.73 Å². The summed E-state index contributed by atoms with van der Waals surface area (Å²) >= 11 is 0. The fraction of sp³-hybridized carbons (Fsp3) is 0.200. The van der Waals surface area contributed by atoms with Crippen LogP contribution < -0.4 is 5.73 Å². The summed E-state index contributed by atoms with van der Waals surface area (Å²) in [5.41, 5.74) is 5.11. The number of allylic oxidation sites excluding steroid dienone is 2. The molecule has 0 rings (SSSR count). The molecule has 0 spiro atoms. The zero-order valence-electron chi connectivity index (χ0n) is 4.24. The Morgan fingerprint density at radius 2 is 2.29 bits per heavy atom. The molecule has 0 amide bonds. The summed E-state index contributed by atoms with van der Waals surface area (Å²) in [5, 5.41) is 0. The fourth-order valence-corrected chi connectivity index (χ4v) is 0.157. The first kappa shape index (κ1) is 6.21. The molecule has 0 saturated carbocycles. The molecule has 0 bridgehead atoms. The van der Waals surface area contributed by atoms with Crippen LogP contribution >= 0.6 is 0 Å². The van der Waals surface area contributed by atoms with Crippen LogP contribution in [0.25, 0.3) is 0 Å². The lowest BCUT2D eigenvalue weighted by atomic mass is 10.4. The Kier molecular flexibility index (Phi) is 2.12.